The van der Waals surface area contributed by atoms with Gasteiger partial charge in [0.2, 0.25) is 5.91 Å². The van der Waals surface area contributed by atoms with Gasteiger partial charge in [0.15, 0.2) is 0 Å². The lowest BCUT2D eigenvalue weighted by Crippen LogP contribution is -2.39. The summed E-state index contributed by atoms with van der Waals surface area (Å²) >= 11 is 0. The lowest BCUT2D eigenvalue weighted by Gasteiger charge is -2.24. The molecule has 1 aliphatic heterocycles. The summed E-state index contributed by atoms with van der Waals surface area (Å²) in [5, 5.41) is 8.28. The smallest absolute Gasteiger partial charge is 0.227 e. The lowest BCUT2D eigenvalue weighted by molar-refractivity contribution is -0.131. The number of aromatic nitrogens is 3. The Balaban J connectivity index is 1.60. The fourth-order valence-corrected chi connectivity index (χ4v) is 3.03. The molecule has 2 heterocycles. The summed E-state index contributed by atoms with van der Waals surface area (Å²) in [4.78, 5) is 16.2. The molecule has 0 aliphatic carbocycles. The van der Waals surface area contributed by atoms with Crippen molar-refractivity contribution in [2.45, 2.75) is 38.8 Å². The summed E-state index contributed by atoms with van der Waals surface area (Å²) in [5.41, 5.74) is 1.02. The monoisotopic (exact) mass is 314 g/mol. The van der Waals surface area contributed by atoms with Gasteiger partial charge in [-0.25, -0.2) is 0 Å². The fourth-order valence-electron chi connectivity index (χ4n) is 3.03. The van der Waals surface area contributed by atoms with Crippen molar-refractivity contribution >= 4 is 5.91 Å². The second-order valence-corrected chi connectivity index (χ2v) is 5.72. The third kappa shape index (κ3) is 3.88. The van der Waals surface area contributed by atoms with Gasteiger partial charge in [-0.15, -0.1) is 0 Å². The van der Waals surface area contributed by atoms with E-state index in [1.807, 2.05) is 36.1 Å². The van der Waals surface area contributed by atoms with Crippen LogP contribution < -0.4 is 4.74 Å². The molecule has 1 aromatic carbocycles. The molecule has 6 heteroatoms. The molecular weight excluding hydrogens is 292 g/mol. The Morgan fingerprint density at radius 2 is 2.00 bits per heavy atom. The van der Waals surface area contributed by atoms with Crippen molar-refractivity contribution < 1.29 is 9.53 Å². The number of hydrogen-bond donors (Lipinski definition) is 0. The molecule has 23 heavy (non-hydrogen) atoms. The Labute approximate surface area is 136 Å². The first-order chi connectivity index (χ1) is 11.3. The molecule has 0 radical (unpaired) electrons. The molecule has 0 saturated carbocycles. The average molecular weight is 314 g/mol. The van der Waals surface area contributed by atoms with Crippen molar-refractivity contribution in [2.75, 3.05) is 13.2 Å². The van der Waals surface area contributed by atoms with Gasteiger partial charge in [-0.3, -0.25) is 4.79 Å². The van der Waals surface area contributed by atoms with Gasteiger partial charge in [-0.1, -0.05) is 12.1 Å². The minimum absolute atomic E-state index is 0.170. The maximum absolute atomic E-state index is 12.6. The van der Waals surface area contributed by atoms with Crippen LogP contribution in [0.3, 0.4) is 0 Å². The van der Waals surface area contributed by atoms with Crippen LogP contribution in [0, 0.1) is 0 Å². The number of rotatable bonds is 6. The van der Waals surface area contributed by atoms with Crippen molar-refractivity contribution in [3.63, 3.8) is 0 Å². The van der Waals surface area contributed by atoms with Crippen LogP contribution in [0.4, 0.5) is 0 Å². The van der Waals surface area contributed by atoms with Crippen molar-refractivity contribution in [1.29, 1.82) is 0 Å². The van der Waals surface area contributed by atoms with E-state index in [4.69, 9.17) is 4.74 Å². The van der Waals surface area contributed by atoms with E-state index < -0.39 is 0 Å². The Morgan fingerprint density at radius 3 is 2.70 bits per heavy atom. The minimum atomic E-state index is 0.170. The van der Waals surface area contributed by atoms with Gasteiger partial charge < -0.3 is 9.64 Å². The second-order valence-electron chi connectivity index (χ2n) is 5.72. The van der Waals surface area contributed by atoms with E-state index in [1.165, 1.54) is 0 Å². The third-order valence-electron chi connectivity index (χ3n) is 4.13. The first-order valence-electron chi connectivity index (χ1n) is 8.11. The van der Waals surface area contributed by atoms with Crippen LogP contribution in [0.1, 0.15) is 25.3 Å². The molecular formula is C17H22N4O2. The molecule has 1 aliphatic rings. The molecule has 0 N–H and O–H groups in total. The third-order valence-corrected chi connectivity index (χ3v) is 4.13. The number of nitrogens with zero attached hydrogens (tertiary/aromatic N) is 4. The van der Waals surface area contributed by atoms with Gasteiger partial charge in [-0.05, 0) is 37.5 Å². The zero-order valence-electron chi connectivity index (χ0n) is 13.4. The van der Waals surface area contributed by atoms with E-state index in [-0.39, 0.29) is 11.9 Å². The van der Waals surface area contributed by atoms with Crippen LogP contribution in [0.5, 0.6) is 5.75 Å². The van der Waals surface area contributed by atoms with Crippen LogP contribution >= 0.6 is 0 Å². The van der Waals surface area contributed by atoms with E-state index >= 15 is 0 Å². The molecule has 1 unspecified atom stereocenters. The van der Waals surface area contributed by atoms with E-state index in [9.17, 15) is 4.79 Å². The zero-order chi connectivity index (χ0) is 16.1. The van der Waals surface area contributed by atoms with Crippen molar-refractivity contribution in [3.8, 4) is 5.75 Å². The van der Waals surface area contributed by atoms with Crippen molar-refractivity contribution in [2.24, 2.45) is 0 Å². The number of carbonyl (C=O) groups excluding carboxylic acids is 1. The second kappa shape index (κ2) is 7.26. The Morgan fingerprint density at radius 1 is 1.26 bits per heavy atom. The van der Waals surface area contributed by atoms with Crippen LogP contribution in [-0.2, 0) is 17.8 Å². The molecule has 1 fully saturated rings. The maximum atomic E-state index is 12.6. The maximum Gasteiger partial charge on any atom is 0.227 e. The van der Waals surface area contributed by atoms with Crippen LogP contribution in [0.25, 0.3) is 0 Å². The first kappa shape index (κ1) is 15.5. The molecule has 6 nitrogen and oxygen atoms in total. The number of likely N-dealkylation sites (tertiary alicyclic amines) is 1. The van der Waals surface area contributed by atoms with Gasteiger partial charge >= 0.3 is 0 Å². The molecule has 1 atom stereocenters. The highest BCUT2D eigenvalue weighted by Gasteiger charge is 2.29. The van der Waals surface area contributed by atoms with Gasteiger partial charge in [0.25, 0.3) is 0 Å². The molecule has 2 aromatic rings. The number of hydrogen-bond acceptors (Lipinski definition) is 4. The summed E-state index contributed by atoms with van der Waals surface area (Å²) in [6, 6.07) is 7.95. The predicted octanol–water partition coefficient (Wildman–Crippen LogP) is 1.91. The quantitative estimate of drug-likeness (QED) is 0.817. The topological polar surface area (TPSA) is 60.2 Å². The van der Waals surface area contributed by atoms with Gasteiger partial charge in [-0.2, -0.15) is 15.0 Å². The molecule has 1 saturated heterocycles. The number of amides is 1. The van der Waals surface area contributed by atoms with Crippen LogP contribution in [0.15, 0.2) is 36.7 Å². The van der Waals surface area contributed by atoms with Gasteiger partial charge in [0.1, 0.15) is 5.75 Å². The van der Waals surface area contributed by atoms with E-state index in [0.29, 0.717) is 19.6 Å². The first-order valence-corrected chi connectivity index (χ1v) is 8.11. The lowest BCUT2D eigenvalue weighted by atomic mass is 10.1. The summed E-state index contributed by atoms with van der Waals surface area (Å²) in [6.45, 7) is 4.10. The Hall–Kier alpha value is -2.37. The van der Waals surface area contributed by atoms with Crippen LogP contribution in [0.2, 0.25) is 0 Å². The summed E-state index contributed by atoms with van der Waals surface area (Å²) in [7, 11) is 0. The largest absolute Gasteiger partial charge is 0.494 e. The molecule has 1 amide bonds. The van der Waals surface area contributed by atoms with E-state index in [1.54, 1.807) is 17.2 Å². The minimum Gasteiger partial charge on any atom is -0.494 e. The Kier molecular flexibility index (Phi) is 4.90. The molecule has 3 rings (SSSR count). The number of ether oxygens (including phenoxy) is 1. The molecule has 1 aromatic heterocycles. The van der Waals surface area contributed by atoms with Crippen molar-refractivity contribution in [1.82, 2.24) is 19.9 Å². The summed E-state index contributed by atoms with van der Waals surface area (Å²) in [6.07, 6.45) is 5.81. The normalized spacial score (nSPS) is 17.4. The SMILES string of the molecule is CCOc1ccc(CC(=O)N2CCCC2Cn2nccn2)cc1. The summed E-state index contributed by atoms with van der Waals surface area (Å²) in [5.74, 6) is 1.01. The van der Waals surface area contributed by atoms with E-state index in [0.717, 1.165) is 30.7 Å². The highest BCUT2D eigenvalue weighted by molar-refractivity contribution is 5.79. The standard InChI is InChI=1S/C17H22N4O2/c1-2-23-16-7-5-14(6-8-16)12-17(22)20-11-3-4-15(20)13-21-18-9-10-19-21/h5-10,15H,2-4,11-13H2,1H3. The van der Waals surface area contributed by atoms with E-state index in [2.05, 4.69) is 10.2 Å². The van der Waals surface area contributed by atoms with Gasteiger partial charge in [0.05, 0.1) is 38.0 Å². The number of carbonyl (C=O) groups is 1. The van der Waals surface area contributed by atoms with Crippen LogP contribution in [-0.4, -0.2) is 45.0 Å². The predicted molar refractivity (Wildman–Crippen MR) is 86.1 cm³/mol. The van der Waals surface area contributed by atoms with Crippen molar-refractivity contribution in [3.05, 3.63) is 42.2 Å². The highest BCUT2D eigenvalue weighted by Crippen LogP contribution is 2.20. The molecule has 122 valence electrons. The highest BCUT2D eigenvalue weighted by atomic mass is 16.5. The molecule has 0 spiro atoms. The summed E-state index contributed by atoms with van der Waals surface area (Å²) < 4.78 is 5.43. The van der Waals surface area contributed by atoms with Gasteiger partial charge in [0, 0.05) is 6.54 Å². The zero-order valence-corrected chi connectivity index (χ0v) is 13.4. The fraction of sp³-hybridized carbons (Fsp3) is 0.471. The number of benzene rings is 1. The Bertz CT molecular complexity index is 625. The molecule has 0 bridgehead atoms. The average Bonchev–Trinajstić information content (AvgIpc) is 3.22.